The second kappa shape index (κ2) is 4.72. The summed E-state index contributed by atoms with van der Waals surface area (Å²) in [6.07, 6.45) is 1.59. The van der Waals surface area contributed by atoms with Crippen LogP contribution in [-0.2, 0) is 11.8 Å². The number of rotatable bonds is 2. The smallest absolute Gasteiger partial charge is 0.343 e. The third-order valence-corrected chi connectivity index (χ3v) is 3.19. The summed E-state index contributed by atoms with van der Waals surface area (Å²) in [6, 6.07) is 3.06. The molecule has 100 valence electrons. The van der Waals surface area contributed by atoms with Crippen LogP contribution < -0.4 is 5.56 Å². The van der Waals surface area contributed by atoms with Gasteiger partial charge < -0.3 is 4.74 Å². The summed E-state index contributed by atoms with van der Waals surface area (Å²) < 4.78 is 7.64. The van der Waals surface area contributed by atoms with Crippen molar-refractivity contribution >= 4 is 5.97 Å². The summed E-state index contributed by atoms with van der Waals surface area (Å²) in [7, 11) is 3.05. The van der Waals surface area contributed by atoms with Crippen molar-refractivity contribution in [2.75, 3.05) is 7.11 Å². The number of ether oxygens (including phenoxy) is 1. The minimum atomic E-state index is -0.648. The van der Waals surface area contributed by atoms with Crippen molar-refractivity contribution < 1.29 is 9.53 Å². The third-order valence-electron chi connectivity index (χ3n) is 3.19. The predicted molar refractivity (Wildman–Crippen MR) is 69.6 cm³/mol. The van der Waals surface area contributed by atoms with E-state index >= 15 is 0 Å². The normalized spacial score (nSPS) is 10.5. The molecule has 0 aliphatic rings. The largest absolute Gasteiger partial charge is 0.465 e. The summed E-state index contributed by atoms with van der Waals surface area (Å²) in [5.41, 5.74) is 1.42. The maximum absolute atomic E-state index is 12.3. The van der Waals surface area contributed by atoms with Gasteiger partial charge in [0.25, 0.3) is 5.56 Å². The number of hydrogen-bond donors (Lipinski definition) is 0. The number of esters is 1. The first-order chi connectivity index (χ1) is 8.97. The lowest BCUT2D eigenvalue weighted by Gasteiger charge is -2.05. The zero-order chi connectivity index (χ0) is 14.2. The molecule has 0 radical (unpaired) electrons. The molecule has 6 nitrogen and oxygen atoms in total. The van der Waals surface area contributed by atoms with Gasteiger partial charge in [-0.15, -0.1) is 0 Å². The number of methoxy groups -OCH3 is 1. The van der Waals surface area contributed by atoms with Crippen LogP contribution in [0.1, 0.15) is 21.6 Å². The summed E-state index contributed by atoms with van der Waals surface area (Å²) in [5, 5.41) is 4.29. The Morgan fingerprint density at radius 2 is 2.05 bits per heavy atom. The van der Waals surface area contributed by atoms with Crippen molar-refractivity contribution in [1.82, 2.24) is 14.3 Å². The fourth-order valence-electron chi connectivity index (χ4n) is 1.85. The lowest BCUT2D eigenvalue weighted by Crippen LogP contribution is -2.25. The molecule has 0 unspecified atom stereocenters. The average molecular weight is 261 g/mol. The second-order valence-corrected chi connectivity index (χ2v) is 4.25. The van der Waals surface area contributed by atoms with Crippen LogP contribution in [0.15, 0.2) is 23.1 Å². The van der Waals surface area contributed by atoms with E-state index in [0.717, 1.165) is 11.3 Å². The summed E-state index contributed by atoms with van der Waals surface area (Å²) >= 11 is 0. The molecule has 0 saturated heterocycles. The topological polar surface area (TPSA) is 66.1 Å². The van der Waals surface area contributed by atoms with E-state index in [0.29, 0.717) is 5.82 Å². The Labute approximate surface area is 110 Å². The number of nitrogens with zero attached hydrogens (tertiary/aromatic N) is 3. The van der Waals surface area contributed by atoms with E-state index in [-0.39, 0.29) is 5.56 Å². The highest BCUT2D eigenvalue weighted by Crippen LogP contribution is 2.14. The Morgan fingerprint density at radius 3 is 2.58 bits per heavy atom. The van der Waals surface area contributed by atoms with Crippen molar-refractivity contribution in [3.8, 4) is 5.82 Å². The van der Waals surface area contributed by atoms with Crippen LogP contribution in [0.25, 0.3) is 5.82 Å². The molecule has 0 N–H and O–H groups in total. The number of hydrogen-bond acceptors (Lipinski definition) is 4. The van der Waals surface area contributed by atoms with Gasteiger partial charge in [-0.2, -0.15) is 5.10 Å². The Kier molecular flexibility index (Phi) is 3.25. The van der Waals surface area contributed by atoms with E-state index < -0.39 is 11.5 Å². The van der Waals surface area contributed by atoms with Crippen LogP contribution in [0.4, 0.5) is 0 Å². The molecule has 2 heterocycles. The highest BCUT2D eigenvalue weighted by atomic mass is 16.5. The Hall–Kier alpha value is -2.37. The quantitative estimate of drug-likeness (QED) is 0.756. The number of aromatic nitrogens is 3. The SMILES string of the molecule is COC(=O)c1cccn(-c2nn(C)c(C)c2C)c1=O. The maximum Gasteiger partial charge on any atom is 0.343 e. The molecule has 19 heavy (non-hydrogen) atoms. The van der Waals surface area contributed by atoms with Crippen LogP contribution in [0.2, 0.25) is 0 Å². The number of carbonyl (C=O) groups excluding carboxylic acids is 1. The molecule has 0 saturated carbocycles. The van der Waals surface area contributed by atoms with Crippen LogP contribution in [0, 0.1) is 13.8 Å². The standard InChI is InChI=1S/C13H15N3O3/c1-8-9(2)15(3)14-11(8)16-7-5-6-10(12(16)17)13(18)19-4/h5-7H,1-4H3. The molecule has 0 fully saturated rings. The van der Waals surface area contributed by atoms with Crippen LogP contribution in [0.5, 0.6) is 0 Å². The van der Waals surface area contributed by atoms with E-state index in [1.54, 1.807) is 24.0 Å². The van der Waals surface area contributed by atoms with Crippen molar-refractivity contribution in [2.24, 2.45) is 7.05 Å². The zero-order valence-electron chi connectivity index (χ0n) is 11.3. The fraction of sp³-hybridized carbons (Fsp3) is 0.308. The van der Waals surface area contributed by atoms with E-state index in [2.05, 4.69) is 9.84 Å². The van der Waals surface area contributed by atoms with Gasteiger partial charge in [-0.25, -0.2) is 4.79 Å². The molecule has 0 bridgehead atoms. The molecular formula is C13H15N3O3. The van der Waals surface area contributed by atoms with Gasteiger partial charge in [0.1, 0.15) is 5.56 Å². The highest BCUT2D eigenvalue weighted by molar-refractivity contribution is 5.88. The third kappa shape index (κ3) is 2.05. The molecule has 2 rings (SSSR count). The zero-order valence-corrected chi connectivity index (χ0v) is 11.3. The van der Waals surface area contributed by atoms with Gasteiger partial charge in [0.15, 0.2) is 5.82 Å². The summed E-state index contributed by atoms with van der Waals surface area (Å²) in [4.78, 5) is 23.8. The molecule has 0 spiro atoms. The first-order valence-electron chi connectivity index (χ1n) is 5.78. The number of aryl methyl sites for hydroxylation is 1. The first-order valence-corrected chi connectivity index (χ1v) is 5.78. The average Bonchev–Trinajstić information content (AvgIpc) is 2.66. The molecule has 2 aromatic heterocycles. The predicted octanol–water partition coefficient (Wildman–Crippen LogP) is 0.974. The molecule has 0 aromatic carbocycles. The van der Waals surface area contributed by atoms with Crippen LogP contribution in [-0.4, -0.2) is 27.4 Å². The monoisotopic (exact) mass is 261 g/mol. The maximum atomic E-state index is 12.3. The van der Waals surface area contributed by atoms with Gasteiger partial charge >= 0.3 is 5.97 Å². The lowest BCUT2D eigenvalue weighted by atomic mass is 10.2. The Balaban J connectivity index is 2.67. The van der Waals surface area contributed by atoms with Crippen molar-refractivity contribution in [2.45, 2.75) is 13.8 Å². The van der Waals surface area contributed by atoms with Crippen LogP contribution >= 0.6 is 0 Å². The van der Waals surface area contributed by atoms with Crippen LogP contribution in [0.3, 0.4) is 0 Å². The van der Waals surface area contributed by atoms with Gasteiger partial charge in [0, 0.05) is 24.5 Å². The van der Waals surface area contributed by atoms with Gasteiger partial charge in [-0.05, 0) is 26.0 Å². The van der Waals surface area contributed by atoms with Crippen molar-refractivity contribution in [3.05, 3.63) is 45.5 Å². The number of carbonyl (C=O) groups is 1. The van der Waals surface area contributed by atoms with Gasteiger partial charge in [0.2, 0.25) is 0 Å². The molecule has 0 amide bonds. The number of pyridine rings is 1. The Morgan fingerprint density at radius 1 is 1.37 bits per heavy atom. The highest BCUT2D eigenvalue weighted by Gasteiger charge is 2.16. The molecule has 6 heteroatoms. The first kappa shape index (κ1) is 13.1. The van der Waals surface area contributed by atoms with E-state index in [9.17, 15) is 9.59 Å². The van der Waals surface area contributed by atoms with Crippen molar-refractivity contribution in [3.63, 3.8) is 0 Å². The fourth-order valence-corrected chi connectivity index (χ4v) is 1.85. The van der Waals surface area contributed by atoms with Gasteiger partial charge in [-0.3, -0.25) is 14.0 Å². The molecule has 0 atom stereocenters. The minimum absolute atomic E-state index is 0.00675. The molecule has 2 aromatic rings. The molecule has 0 aliphatic carbocycles. The van der Waals surface area contributed by atoms with E-state index in [1.165, 1.54) is 17.7 Å². The van der Waals surface area contributed by atoms with Crippen molar-refractivity contribution in [1.29, 1.82) is 0 Å². The minimum Gasteiger partial charge on any atom is -0.465 e. The molecular weight excluding hydrogens is 246 g/mol. The van der Waals surface area contributed by atoms with Gasteiger partial charge in [-0.1, -0.05) is 0 Å². The second-order valence-electron chi connectivity index (χ2n) is 4.25. The Bertz CT molecular complexity index is 698. The summed E-state index contributed by atoms with van der Waals surface area (Å²) in [6.45, 7) is 3.80. The van der Waals surface area contributed by atoms with E-state index in [1.807, 2.05) is 13.8 Å². The van der Waals surface area contributed by atoms with E-state index in [4.69, 9.17) is 0 Å². The van der Waals surface area contributed by atoms with Gasteiger partial charge in [0.05, 0.1) is 7.11 Å². The molecule has 0 aliphatic heterocycles. The lowest BCUT2D eigenvalue weighted by molar-refractivity contribution is 0.0598. The summed E-state index contributed by atoms with van der Waals surface area (Å²) in [5.74, 6) is -0.125.